The quantitative estimate of drug-likeness (QED) is 0.329. The van der Waals surface area contributed by atoms with Gasteiger partial charge in [-0.25, -0.2) is 19.2 Å². The van der Waals surface area contributed by atoms with Crippen molar-refractivity contribution in [2.75, 3.05) is 36.0 Å². The van der Waals surface area contributed by atoms with Crippen LogP contribution in [0.3, 0.4) is 0 Å². The van der Waals surface area contributed by atoms with E-state index in [4.69, 9.17) is 16.7 Å². The van der Waals surface area contributed by atoms with E-state index in [1.807, 2.05) is 11.0 Å². The highest BCUT2D eigenvalue weighted by Crippen LogP contribution is 2.27. The Morgan fingerprint density at radius 2 is 1.71 bits per heavy atom. The fourth-order valence-electron chi connectivity index (χ4n) is 3.39. The second kappa shape index (κ2) is 9.53. The molecule has 1 N–H and O–H groups in total. The molecule has 2 aromatic carbocycles. The standard InChI is InChI=1S/C22H20ClFN4O2S/c23-19-13-20(28-11-9-27(10-12-28)18-4-2-1-3-17(18)24)26-22(25-19)31-14-15-5-7-16(8-6-15)21(29)30/h1-8,13H,9-12,14H2,(H,29,30). The molecule has 6 nitrogen and oxygen atoms in total. The summed E-state index contributed by atoms with van der Waals surface area (Å²) in [7, 11) is 0. The highest BCUT2D eigenvalue weighted by atomic mass is 35.5. The molecule has 1 aliphatic rings. The van der Waals surface area contributed by atoms with Gasteiger partial charge in [-0.1, -0.05) is 47.6 Å². The summed E-state index contributed by atoms with van der Waals surface area (Å²) in [6.07, 6.45) is 0. The summed E-state index contributed by atoms with van der Waals surface area (Å²) in [4.78, 5) is 24.1. The largest absolute Gasteiger partial charge is 0.478 e. The SMILES string of the molecule is O=C(O)c1ccc(CSc2nc(Cl)cc(N3CCN(c4ccccc4F)CC3)n2)cc1. The average molecular weight is 459 g/mol. The van der Waals surface area contributed by atoms with E-state index in [0.29, 0.717) is 47.9 Å². The van der Waals surface area contributed by atoms with Crippen LogP contribution in [-0.2, 0) is 5.75 Å². The van der Waals surface area contributed by atoms with Gasteiger partial charge < -0.3 is 14.9 Å². The third-order valence-corrected chi connectivity index (χ3v) is 6.14. The molecule has 4 rings (SSSR count). The predicted molar refractivity (Wildman–Crippen MR) is 121 cm³/mol. The van der Waals surface area contributed by atoms with Crippen molar-refractivity contribution in [3.8, 4) is 0 Å². The second-order valence-corrected chi connectivity index (χ2v) is 8.38. The number of anilines is 2. The molecule has 0 bridgehead atoms. The van der Waals surface area contributed by atoms with E-state index < -0.39 is 5.97 Å². The molecule has 1 fully saturated rings. The molecule has 3 aromatic rings. The Labute approximate surface area is 188 Å². The Balaban J connectivity index is 1.40. The van der Waals surface area contributed by atoms with E-state index in [2.05, 4.69) is 14.9 Å². The van der Waals surface area contributed by atoms with Crippen LogP contribution in [0, 0.1) is 5.82 Å². The molecule has 0 aliphatic carbocycles. The summed E-state index contributed by atoms with van der Waals surface area (Å²) in [5, 5.41) is 9.92. The minimum Gasteiger partial charge on any atom is -0.478 e. The number of carboxylic acids is 1. The Bertz CT molecular complexity index is 1080. The third kappa shape index (κ3) is 5.26. The number of aromatic nitrogens is 2. The number of hydrogen-bond donors (Lipinski definition) is 1. The van der Waals surface area contributed by atoms with Gasteiger partial charge in [0.05, 0.1) is 11.3 Å². The Kier molecular flexibility index (Phi) is 6.58. The Morgan fingerprint density at radius 3 is 2.39 bits per heavy atom. The number of para-hydroxylation sites is 1. The van der Waals surface area contributed by atoms with E-state index in [1.165, 1.54) is 17.8 Å². The fraction of sp³-hybridized carbons (Fsp3) is 0.227. The van der Waals surface area contributed by atoms with Crippen molar-refractivity contribution in [2.24, 2.45) is 0 Å². The highest BCUT2D eigenvalue weighted by Gasteiger charge is 2.21. The first-order chi connectivity index (χ1) is 15.0. The lowest BCUT2D eigenvalue weighted by Crippen LogP contribution is -2.47. The van der Waals surface area contributed by atoms with E-state index >= 15 is 0 Å². The summed E-state index contributed by atoms with van der Waals surface area (Å²) in [5.41, 5.74) is 1.84. The Hall–Kier alpha value is -2.84. The number of rotatable bonds is 6. The Morgan fingerprint density at radius 1 is 1.03 bits per heavy atom. The van der Waals surface area contributed by atoms with Crippen LogP contribution in [0.2, 0.25) is 5.15 Å². The second-order valence-electron chi connectivity index (χ2n) is 7.05. The van der Waals surface area contributed by atoms with Crippen molar-refractivity contribution in [2.45, 2.75) is 10.9 Å². The van der Waals surface area contributed by atoms with Crippen LogP contribution < -0.4 is 9.80 Å². The van der Waals surface area contributed by atoms with Gasteiger partial charge in [0, 0.05) is 38.0 Å². The predicted octanol–water partition coefficient (Wildman–Crippen LogP) is 4.59. The van der Waals surface area contributed by atoms with Gasteiger partial charge in [-0.05, 0) is 29.8 Å². The molecular weight excluding hydrogens is 439 g/mol. The first kappa shape index (κ1) is 21.4. The summed E-state index contributed by atoms with van der Waals surface area (Å²) < 4.78 is 14.1. The smallest absolute Gasteiger partial charge is 0.335 e. The van der Waals surface area contributed by atoms with Crippen molar-refractivity contribution in [3.05, 3.63) is 76.7 Å². The van der Waals surface area contributed by atoms with Gasteiger partial charge in [-0.3, -0.25) is 0 Å². The van der Waals surface area contributed by atoms with E-state index in [9.17, 15) is 9.18 Å². The van der Waals surface area contributed by atoms with Crippen LogP contribution in [0.1, 0.15) is 15.9 Å². The van der Waals surface area contributed by atoms with Crippen molar-refractivity contribution in [1.82, 2.24) is 9.97 Å². The number of benzene rings is 2. The van der Waals surface area contributed by atoms with Gasteiger partial charge in [-0.15, -0.1) is 0 Å². The maximum atomic E-state index is 14.1. The number of aromatic carboxylic acids is 1. The fourth-order valence-corrected chi connectivity index (χ4v) is 4.43. The summed E-state index contributed by atoms with van der Waals surface area (Å²) in [6, 6.07) is 15.3. The molecule has 0 saturated carbocycles. The van der Waals surface area contributed by atoms with Gasteiger partial charge in [0.25, 0.3) is 0 Å². The molecular formula is C22H20ClFN4O2S. The van der Waals surface area contributed by atoms with Crippen LogP contribution in [0.4, 0.5) is 15.9 Å². The topological polar surface area (TPSA) is 69.6 Å². The number of carbonyl (C=O) groups is 1. The van der Waals surface area contributed by atoms with Crippen molar-refractivity contribution in [3.63, 3.8) is 0 Å². The number of piperazine rings is 1. The molecule has 0 spiro atoms. The lowest BCUT2D eigenvalue weighted by molar-refractivity contribution is 0.0697. The molecule has 1 aliphatic heterocycles. The first-order valence-corrected chi connectivity index (χ1v) is 11.1. The van der Waals surface area contributed by atoms with Crippen molar-refractivity contribution < 1.29 is 14.3 Å². The zero-order chi connectivity index (χ0) is 21.8. The van der Waals surface area contributed by atoms with Crippen LogP contribution in [0.5, 0.6) is 0 Å². The lowest BCUT2D eigenvalue weighted by atomic mass is 10.1. The van der Waals surface area contributed by atoms with Gasteiger partial charge in [0.1, 0.15) is 16.8 Å². The number of halogens is 2. The van der Waals surface area contributed by atoms with E-state index in [-0.39, 0.29) is 11.4 Å². The monoisotopic (exact) mass is 458 g/mol. The normalized spacial score (nSPS) is 14.0. The number of thioether (sulfide) groups is 1. The van der Waals surface area contributed by atoms with Crippen LogP contribution >= 0.6 is 23.4 Å². The van der Waals surface area contributed by atoms with Crippen LogP contribution in [-0.4, -0.2) is 47.2 Å². The third-order valence-electron chi connectivity index (χ3n) is 5.03. The maximum absolute atomic E-state index is 14.1. The molecule has 1 aromatic heterocycles. The van der Waals surface area contributed by atoms with Gasteiger partial charge in [-0.2, -0.15) is 0 Å². The summed E-state index contributed by atoms with van der Waals surface area (Å²) in [5.74, 6) is 0.186. The molecule has 160 valence electrons. The molecule has 31 heavy (non-hydrogen) atoms. The molecule has 0 atom stereocenters. The van der Waals surface area contributed by atoms with Gasteiger partial charge in [0.2, 0.25) is 0 Å². The zero-order valence-electron chi connectivity index (χ0n) is 16.5. The van der Waals surface area contributed by atoms with Gasteiger partial charge >= 0.3 is 5.97 Å². The summed E-state index contributed by atoms with van der Waals surface area (Å²) in [6.45, 7) is 2.76. The molecule has 0 unspecified atom stereocenters. The molecule has 0 radical (unpaired) electrons. The van der Waals surface area contributed by atoms with E-state index in [1.54, 1.807) is 42.5 Å². The minimum atomic E-state index is -0.947. The van der Waals surface area contributed by atoms with Crippen LogP contribution in [0.15, 0.2) is 59.8 Å². The molecule has 1 saturated heterocycles. The molecule has 9 heteroatoms. The number of carboxylic acid groups (broad SMARTS) is 1. The minimum absolute atomic E-state index is 0.212. The van der Waals surface area contributed by atoms with Crippen LogP contribution in [0.25, 0.3) is 0 Å². The van der Waals surface area contributed by atoms with Crippen molar-refractivity contribution >= 4 is 40.8 Å². The van der Waals surface area contributed by atoms with E-state index in [0.717, 1.165) is 11.4 Å². The molecule has 0 amide bonds. The lowest BCUT2D eigenvalue weighted by Gasteiger charge is -2.36. The number of hydrogen-bond acceptors (Lipinski definition) is 6. The van der Waals surface area contributed by atoms with Crippen molar-refractivity contribution in [1.29, 1.82) is 0 Å². The van der Waals surface area contributed by atoms with Gasteiger partial charge in [0.15, 0.2) is 5.16 Å². The maximum Gasteiger partial charge on any atom is 0.335 e. The molecule has 2 heterocycles. The first-order valence-electron chi connectivity index (χ1n) is 9.73. The summed E-state index contributed by atoms with van der Waals surface area (Å²) >= 11 is 7.67. The average Bonchev–Trinajstić information content (AvgIpc) is 2.78. The number of nitrogens with zero attached hydrogens (tertiary/aromatic N) is 4. The highest BCUT2D eigenvalue weighted by molar-refractivity contribution is 7.98. The zero-order valence-corrected chi connectivity index (χ0v) is 18.1.